The summed E-state index contributed by atoms with van der Waals surface area (Å²) >= 11 is 1.73. The molecule has 1 unspecified atom stereocenters. The van der Waals surface area contributed by atoms with Crippen molar-refractivity contribution in [3.05, 3.63) is 52.0 Å². The number of guanidine groups is 1. The maximum atomic E-state index is 5.95. The molecular weight excluding hydrogens is 368 g/mol. The zero-order valence-corrected chi connectivity index (χ0v) is 18.0. The van der Waals surface area contributed by atoms with E-state index in [1.807, 2.05) is 6.07 Å². The number of aliphatic imine (C=N–C) groups is 1. The molecule has 0 radical (unpaired) electrons. The fraction of sp³-hybridized carbons (Fsp3) is 0.545. The van der Waals surface area contributed by atoms with Crippen LogP contribution in [0.5, 0.6) is 0 Å². The predicted molar refractivity (Wildman–Crippen MR) is 117 cm³/mol. The maximum Gasteiger partial charge on any atom is 0.194 e. The van der Waals surface area contributed by atoms with Crippen LogP contribution in [-0.4, -0.2) is 42.1 Å². The Balaban J connectivity index is 1.49. The quantitative estimate of drug-likeness (QED) is 0.531. The highest BCUT2D eigenvalue weighted by atomic mass is 32.1. The highest BCUT2D eigenvalue weighted by Gasteiger charge is 2.25. The molecule has 1 aliphatic rings. The monoisotopic (exact) mass is 400 g/mol. The first-order chi connectivity index (χ1) is 13.7. The Labute approximate surface area is 172 Å². The summed E-state index contributed by atoms with van der Waals surface area (Å²) in [4.78, 5) is 11.9. The van der Waals surface area contributed by atoms with Crippen LogP contribution < -0.4 is 5.32 Å². The highest BCUT2D eigenvalue weighted by Crippen LogP contribution is 2.20. The van der Waals surface area contributed by atoms with E-state index in [4.69, 9.17) is 14.7 Å². The second kappa shape index (κ2) is 10.6. The van der Waals surface area contributed by atoms with Crippen molar-refractivity contribution in [1.29, 1.82) is 0 Å². The summed E-state index contributed by atoms with van der Waals surface area (Å²) in [6.45, 7) is 11.5. The molecule has 0 saturated carbocycles. The molecule has 1 aromatic heterocycles. The van der Waals surface area contributed by atoms with Crippen molar-refractivity contribution in [3.63, 3.8) is 0 Å². The Morgan fingerprint density at radius 1 is 1.36 bits per heavy atom. The smallest absolute Gasteiger partial charge is 0.194 e. The molecule has 0 amide bonds. The van der Waals surface area contributed by atoms with E-state index >= 15 is 0 Å². The normalized spacial score (nSPS) is 17.5. The van der Waals surface area contributed by atoms with E-state index in [0.717, 1.165) is 44.3 Å². The number of aromatic nitrogens is 1. The van der Waals surface area contributed by atoms with Crippen LogP contribution in [0.4, 0.5) is 0 Å². The lowest BCUT2D eigenvalue weighted by Crippen LogP contribution is -2.40. The highest BCUT2D eigenvalue weighted by molar-refractivity contribution is 7.09. The fourth-order valence-electron chi connectivity index (χ4n) is 3.32. The predicted octanol–water partition coefficient (Wildman–Crippen LogP) is 4.27. The number of rotatable bonds is 8. The van der Waals surface area contributed by atoms with Gasteiger partial charge >= 0.3 is 0 Å². The standard InChI is InChI=1S/C22H32N4OS/c1-4-23-22(24-12-20-16-28-21(25-20)17(2)3)26-11-10-19(13-26)15-27-14-18-8-6-5-7-9-18/h5-9,16-17,19H,4,10-15H2,1-3H3,(H,23,24). The molecule has 152 valence electrons. The largest absolute Gasteiger partial charge is 0.376 e. The van der Waals surface area contributed by atoms with Gasteiger partial charge in [0.15, 0.2) is 5.96 Å². The zero-order valence-electron chi connectivity index (χ0n) is 17.2. The molecular formula is C22H32N4OS. The summed E-state index contributed by atoms with van der Waals surface area (Å²) in [6.07, 6.45) is 1.15. The molecule has 1 N–H and O–H groups in total. The Kier molecular flexibility index (Phi) is 7.86. The minimum atomic E-state index is 0.478. The van der Waals surface area contributed by atoms with Gasteiger partial charge in [-0.15, -0.1) is 11.3 Å². The van der Waals surface area contributed by atoms with E-state index in [-0.39, 0.29) is 0 Å². The van der Waals surface area contributed by atoms with E-state index in [1.165, 1.54) is 10.6 Å². The third-order valence-electron chi connectivity index (χ3n) is 4.84. The topological polar surface area (TPSA) is 49.8 Å². The first-order valence-corrected chi connectivity index (χ1v) is 11.1. The first kappa shape index (κ1) is 20.8. The molecule has 0 aliphatic carbocycles. The van der Waals surface area contributed by atoms with Crippen molar-refractivity contribution >= 4 is 17.3 Å². The van der Waals surface area contributed by atoms with Crippen LogP contribution in [0.3, 0.4) is 0 Å². The zero-order chi connectivity index (χ0) is 19.8. The van der Waals surface area contributed by atoms with Gasteiger partial charge in [-0.25, -0.2) is 9.98 Å². The molecule has 3 rings (SSSR count). The fourth-order valence-corrected chi connectivity index (χ4v) is 4.15. The average Bonchev–Trinajstić information content (AvgIpc) is 3.36. The van der Waals surface area contributed by atoms with Gasteiger partial charge in [0.1, 0.15) is 0 Å². The van der Waals surface area contributed by atoms with Crippen LogP contribution in [0.1, 0.15) is 49.4 Å². The third kappa shape index (κ3) is 6.04. The molecule has 0 bridgehead atoms. The molecule has 1 fully saturated rings. The van der Waals surface area contributed by atoms with Gasteiger partial charge < -0.3 is 15.0 Å². The van der Waals surface area contributed by atoms with Gasteiger partial charge in [-0.3, -0.25) is 0 Å². The number of hydrogen-bond acceptors (Lipinski definition) is 4. The van der Waals surface area contributed by atoms with Gasteiger partial charge in [0.05, 0.1) is 30.5 Å². The molecule has 0 spiro atoms. The van der Waals surface area contributed by atoms with Crippen molar-refractivity contribution in [1.82, 2.24) is 15.2 Å². The molecule has 6 heteroatoms. The molecule has 1 aliphatic heterocycles. The van der Waals surface area contributed by atoms with Gasteiger partial charge in [-0.1, -0.05) is 44.2 Å². The van der Waals surface area contributed by atoms with E-state index < -0.39 is 0 Å². The molecule has 1 saturated heterocycles. The average molecular weight is 401 g/mol. The number of likely N-dealkylation sites (tertiary alicyclic amines) is 1. The number of ether oxygens (including phenoxy) is 1. The Bertz CT molecular complexity index is 744. The number of thiazole rings is 1. The van der Waals surface area contributed by atoms with Crippen LogP contribution >= 0.6 is 11.3 Å². The maximum absolute atomic E-state index is 5.95. The van der Waals surface area contributed by atoms with Crippen LogP contribution in [0, 0.1) is 5.92 Å². The van der Waals surface area contributed by atoms with Crippen LogP contribution in [0.15, 0.2) is 40.7 Å². The Hall–Kier alpha value is -1.92. The first-order valence-electron chi connectivity index (χ1n) is 10.2. The van der Waals surface area contributed by atoms with E-state index in [9.17, 15) is 0 Å². The molecule has 2 heterocycles. The Morgan fingerprint density at radius 2 is 2.18 bits per heavy atom. The van der Waals surface area contributed by atoms with Crippen molar-refractivity contribution in [2.45, 2.75) is 46.3 Å². The summed E-state index contributed by atoms with van der Waals surface area (Å²) in [5.41, 5.74) is 2.29. The summed E-state index contributed by atoms with van der Waals surface area (Å²) in [6, 6.07) is 10.4. The number of nitrogens with zero attached hydrogens (tertiary/aromatic N) is 3. The lowest BCUT2D eigenvalue weighted by Gasteiger charge is -2.21. The summed E-state index contributed by atoms with van der Waals surface area (Å²) in [5, 5.41) is 6.76. The van der Waals surface area contributed by atoms with Crippen molar-refractivity contribution in [2.75, 3.05) is 26.2 Å². The number of hydrogen-bond donors (Lipinski definition) is 1. The molecule has 1 atom stereocenters. The Morgan fingerprint density at radius 3 is 2.89 bits per heavy atom. The minimum absolute atomic E-state index is 0.478. The lowest BCUT2D eigenvalue weighted by molar-refractivity contribution is 0.0906. The van der Waals surface area contributed by atoms with Crippen molar-refractivity contribution in [2.24, 2.45) is 10.9 Å². The van der Waals surface area contributed by atoms with Gasteiger partial charge in [0.2, 0.25) is 0 Å². The van der Waals surface area contributed by atoms with Gasteiger partial charge in [-0.2, -0.15) is 0 Å². The summed E-state index contributed by atoms with van der Waals surface area (Å²) < 4.78 is 5.95. The van der Waals surface area contributed by atoms with Crippen LogP contribution in [0.2, 0.25) is 0 Å². The number of nitrogens with one attached hydrogen (secondary N) is 1. The van der Waals surface area contributed by atoms with E-state index in [0.29, 0.717) is 25.0 Å². The van der Waals surface area contributed by atoms with Crippen LogP contribution in [0.25, 0.3) is 0 Å². The number of benzene rings is 1. The second-order valence-electron chi connectivity index (χ2n) is 7.60. The SMILES string of the molecule is CCNC(=NCc1csc(C(C)C)n1)N1CCC(COCc2ccccc2)C1. The third-order valence-corrected chi connectivity index (χ3v) is 6.03. The second-order valence-corrected chi connectivity index (χ2v) is 8.49. The molecule has 28 heavy (non-hydrogen) atoms. The summed E-state index contributed by atoms with van der Waals surface area (Å²) in [7, 11) is 0. The van der Waals surface area contributed by atoms with E-state index in [2.05, 4.69) is 60.6 Å². The van der Waals surface area contributed by atoms with Gasteiger partial charge in [-0.05, 0) is 18.9 Å². The molecule has 2 aromatic rings. The molecule has 1 aromatic carbocycles. The van der Waals surface area contributed by atoms with Gasteiger partial charge in [0.25, 0.3) is 0 Å². The van der Waals surface area contributed by atoms with Crippen molar-refractivity contribution in [3.8, 4) is 0 Å². The van der Waals surface area contributed by atoms with Crippen LogP contribution in [-0.2, 0) is 17.9 Å². The van der Waals surface area contributed by atoms with E-state index in [1.54, 1.807) is 11.3 Å². The lowest BCUT2D eigenvalue weighted by atomic mass is 10.1. The van der Waals surface area contributed by atoms with Crippen molar-refractivity contribution < 1.29 is 4.74 Å². The summed E-state index contributed by atoms with van der Waals surface area (Å²) in [5.74, 6) is 2.03. The molecule has 5 nitrogen and oxygen atoms in total. The minimum Gasteiger partial charge on any atom is -0.376 e. The van der Waals surface area contributed by atoms with Gasteiger partial charge in [0, 0.05) is 36.9 Å².